The van der Waals surface area contributed by atoms with Crippen molar-refractivity contribution in [3.05, 3.63) is 93.7 Å². The Morgan fingerprint density at radius 1 is 1.00 bits per heavy atom. The number of hydrogen-bond acceptors (Lipinski definition) is 4. The largest absolute Gasteiger partial charge is 0.326 e. The van der Waals surface area contributed by atoms with Crippen molar-refractivity contribution in [1.29, 1.82) is 0 Å². The van der Waals surface area contributed by atoms with Crippen molar-refractivity contribution < 1.29 is 13.2 Å². The standard InChI is InChI=1S/C25H25Cl2N3O3S/c26-23-4-1-5-24(27)22(23)17-34(32,33)30-14-2-3-20(16-30)25(31)29-21-8-6-18(7-9-21)15-19-10-12-28-13-11-19/h1,4-13,20H,2-3,14-17H2,(H,29,31). The van der Waals surface area contributed by atoms with Crippen molar-refractivity contribution in [2.45, 2.75) is 25.0 Å². The summed E-state index contributed by atoms with van der Waals surface area (Å²) < 4.78 is 27.5. The number of carbonyl (C=O) groups is 1. The van der Waals surface area contributed by atoms with E-state index < -0.39 is 15.9 Å². The summed E-state index contributed by atoms with van der Waals surface area (Å²) in [5, 5.41) is 3.56. The van der Waals surface area contributed by atoms with Crippen molar-refractivity contribution in [3.8, 4) is 0 Å². The maximum atomic E-state index is 13.0. The summed E-state index contributed by atoms with van der Waals surface area (Å²) in [6.45, 7) is 0.508. The maximum Gasteiger partial charge on any atom is 0.228 e. The third-order valence-corrected chi connectivity index (χ3v) is 8.40. The van der Waals surface area contributed by atoms with E-state index in [1.165, 1.54) is 4.31 Å². The fourth-order valence-corrected chi connectivity index (χ4v) is 6.40. The van der Waals surface area contributed by atoms with E-state index >= 15 is 0 Å². The zero-order valence-corrected chi connectivity index (χ0v) is 20.8. The number of pyridine rings is 1. The van der Waals surface area contributed by atoms with Crippen molar-refractivity contribution in [1.82, 2.24) is 9.29 Å². The highest BCUT2D eigenvalue weighted by atomic mass is 35.5. The van der Waals surface area contributed by atoms with E-state index in [1.54, 1.807) is 30.6 Å². The lowest BCUT2D eigenvalue weighted by Gasteiger charge is -2.31. The number of sulfonamides is 1. The van der Waals surface area contributed by atoms with Gasteiger partial charge in [0.2, 0.25) is 15.9 Å². The third kappa shape index (κ3) is 6.16. The molecular weight excluding hydrogens is 493 g/mol. The van der Waals surface area contributed by atoms with Crippen LogP contribution in [0.1, 0.15) is 29.5 Å². The minimum atomic E-state index is -3.68. The molecule has 0 aliphatic carbocycles. The number of nitrogens with zero attached hydrogens (tertiary/aromatic N) is 2. The van der Waals surface area contributed by atoms with Crippen LogP contribution in [-0.4, -0.2) is 36.7 Å². The van der Waals surface area contributed by atoms with E-state index in [0.29, 0.717) is 40.7 Å². The number of nitrogens with one attached hydrogen (secondary N) is 1. The summed E-state index contributed by atoms with van der Waals surface area (Å²) in [7, 11) is -3.68. The monoisotopic (exact) mass is 517 g/mol. The summed E-state index contributed by atoms with van der Waals surface area (Å²) in [6.07, 6.45) is 5.55. The molecule has 1 amide bonds. The van der Waals surface area contributed by atoms with E-state index in [0.717, 1.165) is 17.5 Å². The molecule has 2 aromatic carbocycles. The lowest BCUT2D eigenvalue weighted by atomic mass is 9.98. The van der Waals surface area contributed by atoms with Crippen LogP contribution in [0.25, 0.3) is 0 Å². The first-order valence-corrected chi connectivity index (χ1v) is 13.4. The third-order valence-electron chi connectivity index (χ3n) is 5.92. The summed E-state index contributed by atoms with van der Waals surface area (Å²) in [5.41, 5.74) is 3.35. The first-order valence-electron chi connectivity index (χ1n) is 11.0. The summed E-state index contributed by atoms with van der Waals surface area (Å²) in [5.74, 6) is -0.905. The molecule has 2 heterocycles. The van der Waals surface area contributed by atoms with Gasteiger partial charge < -0.3 is 5.32 Å². The topological polar surface area (TPSA) is 79.4 Å². The predicted octanol–water partition coefficient (Wildman–Crippen LogP) is 5.16. The molecule has 1 fully saturated rings. The van der Waals surface area contributed by atoms with Gasteiger partial charge in [-0.05, 0) is 66.8 Å². The van der Waals surface area contributed by atoms with Gasteiger partial charge in [-0.25, -0.2) is 12.7 Å². The van der Waals surface area contributed by atoms with Gasteiger partial charge in [0.05, 0.1) is 11.7 Å². The number of aromatic nitrogens is 1. The molecule has 1 N–H and O–H groups in total. The van der Waals surface area contributed by atoms with Crippen molar-refractivity contribution in [2.75, 3.05) is 18.4 Å². The molecule has 1 aliphatic rings. The van der Waals surface area contributed by atoms with Gasteiger partial charge in [0.25, 0.3) is 0 Å². The highest BCUT2D eigenvalue weighted by molar-refractivity contribution is 7.88. The molecule has 0 spiro atoms. The smallest absolute Gasteiger partial charge is 0.228 e. The summed E-state index contributed by atoms with van der Waals surface area (Å²) in [6, 6.07) is 16.5. The van der Waals surface area contributed by atoms with Gasteiger partial charge in [0.15, 0.2) is 0 Å². The minimum absolute atomic E-state index is 0.135. The summed E-state index contributed by atoms with van der Waals surface area (Å²) in [4.78, 5) is 16.9. The molecule has 1 aromatic heterocycles. The molecule has 1 saturated heterocycles. The molecule has 178 valence electrons. The quantitative estimate of drug-likeness (QED) is 0.469. The van der Waals surface area contributed by atoms with Gasteiger partial charge in [-0.1, -0.05) is 41.4 Å². The molecule has 3 aromatic rings. The number of carbonyl (C=O) groups excluding carboxylic acids is 1. The highest BCUT2D eigenvalue weighted by Gasteiger charge is 2.33. The number of halogens is 2. The average Bonchev–Trinajstić information content (AvgIpc) is 2.83. The molecule has 1 aliphatic heterocycles. The van der Waals surface area contributed by atoms with Crippen LogP contribution >= 0.6 is 23.2 Å². The van der Waals surface area contributed by atoms with Gasteiger partial charge in [-0.2, -0.15) is 0 Å². The van der Waals surface area contributed by atoms with Crippen LogP contribution in [0.5, 0.6) is 0 Å². The van der Waals surface area contributed by atoms with Crippen LogP contribution in [-0.2, 0) is 27.0 Å². The van der Waals surface area contributed by atoms with Crippen molar-refractivity contribution >= 4 is 44.8 Å². The van der Waals surface area contributed by atoms with Crippen LogP contribution in [0.3, 0.4) is 0 Å². The second kappa shape index (κ2) is 10.9. The Balaban J connectivity index is 1.37. The first kappa shape index (κ1) is 24.7. The van der Waals surface area contributed by atoms with Gasteiger partial charge >= 0.3 is 0 Å². The zero-order valence-electron chi connectivity index (χ0n) is 18.5. The molecule has 0 saturated carbocycles. The predicted molar refractivity (Wildman–Crippen MR) is 135 cm³/mol. The lowest BCUT2D eigenvalue weighted by Crippen LogP contribution is -2.44. The Morgan fingerprint density at radius 3 is 2.32 bits per heavy atom. The molecule has 9 heteroatoms. The Morgan fingerprint density at radius 2 is 1.65 bits per heavy atom. The number of anilines is 1. The SMILES string of the molecule is O=C(Nc1ccc(Cc2ccncc2)cc1)C1CCCN(S(=O)(=O)Cc2c(Cl)cccc2Cl)C1. The highest BCUT2D eigenvalue weighted by Crippen LogP contribution is 2.29. The zero-order chi connectivity index (χ0) is 24.1. The number of rotatable bonds is 7. The van der Waals surface area contributed by atoms with E-state index in [1.807, 2.05) is 36.4 Å². The van der Waals surface area contributed by atoms with Crippen molar-refractivity contribution in [3.63, 3.8) is 0 Å². The second-order valence-electron chi connectivity index (χ2n) is 8.37. The lowest BCUT2D eigenvalue weighted by molar-refractivity contribution is -0.120. The van der Waals surface area contributed by atoms with E-state index in [-0.39, 0.29) is 18.2 Å². The number of benzene rings is 2. The van der Waals surface area contributed by atoms with Gasteiger partial charge in [-0.3, -0.25) is 9.78 Å². The number of hydrogen-bond donors (Lipinski definition) is 1. The van der Waals surface area contributed by atoms with E-state index in [4.69, 9.17) is 23.2 Å². The average molecular weight is 518 g/mol. The van der Waals surface area contributed by atoms with Crippen molar-refractivity contribution in [2.24, 2.45) is 5.92 Å². The van der Waals surface area contributed by atoms with Crippen LogP contribution in [0.2, 0.25) is 10.0 Å². The van der Waals surface area contributed by atoms with Crippen LogP contribution in [0, 0.1) is 5.92 Å². The molecule has 34 heavy (non-hydrogen) atoms. The minimum Gasteiger partial charge on any atom is -0.326 e. The van der Waals surface area contributed by atoms with E-state index in [2.05, 4.69) is 10.3 Å². The van der Waals surface area contributed by atoms with Gasteiger partial charge in [0, 0.05) is 46.8 Å². The molecule has 1 unspecified atom stereocenters. The molecule has 1 atom stereocenters. The Hall–Kier alpha value is -2.45. The number of piperidine rings is 1. The normalized spacial score (nSPS) is 16.8. The Kier molecular flexibility index (Phi) is 7.88. The fraction of sp³-hybridized carbons (Fsp3) is 0.280. The van der Waals surface area contributed by atoms with Gasteiger partial charge in [-0.15, -0.1) is 0 Å². The maximum absolute atomic E-state index is 13.0. The second-order valence-corrected chi connectivity index (χ2v) is 11.2. The van der Waals surface area contributed by atoms with Crippen LogP contribution < -0.4 is 5.32 Å². The van der Waals surface area contributed by atoms with E-state index in [9.17, 15) is 13.2 Å². The number of amides is 1. The first-order chi connectivity index (χ1) is 16.3. The Labute approximate surface area is 210 Å². The fourth-order valence-electron chi connectivity index (χ4n) is 4.04. The molecule has 4 rings (SSSR count). The molecule has 0 radical (unpaired) electrons. The molecular formula is C25H25Cl2N3O3S. The van der Waals surface area contributed by atoms with Crippen LogP contribution in [0.4, 0.5) is 5.69 Å². The van der Waals surface area contributed by atoms with Crippen LogP contribution in [0.15, 0.2) is 67.0 Å². The molecule has 0 bridgehead atoms. The van der Waals surface area contributed by atoms with Gasteiger partial charge in [0.1, 0.15) is 0 Å². The summed E-state index contributed by atoms with van der Waals surface area (Å²) >= 11 is 12.3. The molecule has 6 nitrogen and oxygen atoms in total. The Bertz CT molecular complexity index is 1230.